The zero-order valence-electron chi connectivity index (χ0n) is 18.1. The average molecular weight is 377 g/mol. The maximum atomic E-state index is 4.88. The number of allylic oxidation sites excluding steroid dienone is 5. The van der Waals surface area contributed by atoms with E-state index in [0.717, 1.165) is 37.0 Å². The standard InChI is InChI=1S/C26H36N2/c1-6-10-11-17-27-20(5)18-23-19-28-26-22(14-8-3)15-12-16-24(26)25(23)21(9-4)13-7-2/h7,9,12-13,15-16,19,27H,5-6,8,10-11,14,17-18H2,1-4H3/b13-7-,21-9+. The molecule has 2 rings (SSSR count). The zero-order valence-corrected chi connectivity index (χ0v) is 18.1. The normalized spacial score (nSPS) is 12.1. The second-order valence-corrected chi connectivity index (χ2v) is 7.38. The molecule has 1 N–H and O–H groups in total. The largest absolute Gasteiger partial charge is 0.389 e. The first-order valence-electron chi connectivity index (χ1n) is 10.8. The Morgan fingerprint density at radius 3 is 2.61 bits per heavy atom. The number of rotatable bonds is 11. The van der Waals surface area contributed by atoms with Crippen molar-refractivity contribution in [3.63, 3.8) is 0 Å². The molecule has 0 bridgehead atoms. The molecule has 1 heterocycles. The Morgan fingerprint density at radius 2 is 1.93 bits per heavy atom. The van der Waals surface area contributed by atoms with Gasteiger partial charge in [0.15, 0.2) is 0 Å². The number of hydrogen-bond donors (Lipinski definition) is 1. The Bertz CT molecular complexity index is 843. The predicted molar refractivity (Wildman–Crippen MR) is 125 cm³/mol. The van der Waals surface area contributed by atoms with E-state index in [9.17, 15) is 0 Å². The van der Waals surface area contributed by atoms with Crippen LogP contribution >= 0.6 is 0 Å². The van der Waals surface area contributed by atoms with E-state index in [-0.39, 0.29) is 0 Å². The molecule has 0 amide bonds. The molecule has 0 radical (unpaired) electrons. The van der Waals surface area contributed by atoms with E-state index in [1.54, 1.807) is 0 Å². The molecule has 28 heavy (non-hydrogen) atoms. The van der Waals surface area contributed by atoms with Gasteiger partial charge >= 0.3 is 0 Å². The van der Waals surface area contributed by atoms with Crippen LogP contribution in [0.4, 0.5) is 0 Å². The van der Waals surface area contributed by atoms with Gasteiger partial charge in [-0.2, -0.15) is 0 Å². The first-order valence-corrected chi connectivity index (χ1v) is 10.8. The summed E-state index contributed by atoms with van der Waals surface area (Å²) < 4.78 is 0. The summed E-state index contributed by atoms with van der Waals surface area (Å²) in [6.45, 7) is 13.9. The van der Waals surface area contributed by atoms with Crippen LogP contribution in [0.15, 0.2) is 54.9 Å². The topological polar surface area (TPSA) is 24.9 Å². The molecule has 0 spiro atoms. The van der Waals surface area contributed by atoms with Gasteiger partial charge in [-0.25, -0.2) is 0 Å². The number of aryl methyl sites for hydroxylation is 1. The zero-order chi connectivity index (χ0) is 20.4. The molecule has 1 aromatic heterocycles. The van der Waals surface area contributed by atoms with Gasteiger partial charge in [0.05, 0.1) is 5.52 Å². The molecule has 2 heteroatoms. The number of aromatic nitrogens is 1. The van der Waals surface area contributed by atoms with Crippen LogP contribution in [0.2, 0.25) is 0 Å². The Labute approximate surface area is 171 Å². The maximum absolute atomic E-state index is 4.88. The van der Waals surface area contributed by atoms with Crippen molar-refractivity contribution >= 4 is 16.5 Å². The lowest BCUT2D eigenvalue weighted by atomic mass is 9.92. The predicted octanol–water partition coefficient (Wildman–Crippen LogP) is 7.00. The lowest BCUT2D eigenvalue weighted by Crippen LogP contribution is -2.16. The first kappa shape index (κ1) is 21.9. The fourth-order valence-electron chi connectivity index (χ4n) is 3.71. The van der Waals surface area contributed by atoms with Crippen LogP contribution in [0.1, 0.15) is 70.1 Å². The summed E-state index contributed by atoms with van der Waals surface area (Å²) in [4.78, 5) is 4.88. The fourth-order valence-corrected chi connectivity index (χ4v) is 3.71. The van der Waals surface area contributed by atoms with Gasteiger partial charge in [-0.3, -0.25) is 4.98 Å². The summed E-state index contributed by atoms with van der Waals surface area (Å²) in [5, 5.41) is 4.75. The number of nitrogens with zero attached hydrogens (tertiary/aromatic N) is 1. The monoisotopic (exact) mass is 376 g/mol. The van der Waals surface area contributed by atoms with Crippen LogP contribution in [0.3, 0.4) is 0 Å². The molecule has 0 saturated carbocycles. The van der Waals surface area contributed by atoms with E-state index in [1.807, 2.05) is 0 Å². The van der Waals surface area contributed by atoms with E-state index in [1.165, 1.54) is 46.9 Å². The smallest absolute Gasteiger partial charge is 0.0740 e. The molecule has 2 nitrogen and oxygen atoms in total. The summed E-state index contributed by atoms with van der Waals surface area (Å²) in [5.41, 5.74) is 7.31. The highest BCUT2D eigenvalue weighted by Crippen LogP contribution is 2.31. The van der Waals surface area contributed by atoms with Gasteiger partial charge in [0, 0.05) is 30.2 Å². The van der Waals surface area contributed by atoms with Crippen LogP contribution in [-0.4, -0.2) is 11.5 Å². The van der Waals surface area contributed by atoms with Crippen molar-refractivity contribution < 1.29 is 0 Å². The Balaban J connectivity index is 2.46. The minimum absolute atomic E-state index is 0.803. The Kier molecular flexibility index (Phi) is 9.00. The molecule has 0 fully saturated rings. The molecular formula is C26H36N2. The third-order valence-electron chi connectivity index (χ3n) is 5.08. The number of pyridine rings is 1. The molecule has 0 aliphatic heterocycles. The number of unbranched alkanes of at least 4 members (excludes halogenated alkanes) is 2. The van der Waals surface area contributed by atoms with Gasteiger partial charge < -0.3 is 5.32 Å². The fraction of sp³-hybridized carbons (Fsp3) is 0.423. The van der Waals surface area contributed by atoms with E-state index in [4.69, 9.17) is 4.98 Å². The molecule has 0 atom stereocenters. The molecule has 1 aromatic carbocycles. The van der Waals surface area contributed by atoms with Crippen LogP contribution in [0.25, 0.3) is 16.5 Å². The summed E-state index contributed by atoms with van der Waals surface area (Å²) in [6.07, 6.45) is 15.2. The third-order valence-corrected chi connectivity index (χ3v) is 5.08. The number of benzene rings is 1. The molecule has 0 aliphatic carbocycles. The van der Waals surface area contributed by atoms with Crippen molar-refractivity contribution in [2.24, 2.45) is 0 Å². The Morgan fingerprint density at radius 1 is 1.11 bits per heavy atom. The summed E-state index contributed by atoms with van der Waals surface area (Å²) in [7, 11) is 0. The molecule has 150 valence electrons. The van der Waals surface area contributed by atoms with Crippen molar-refractivity contribution in [1.29, 1.82) is 0 Å². The SMILES string of the molecule is C=C(Cc1cnc2c(CCC)cccc2c1C(/C=C\C)=C/C)NCCCCC. The van der Waals surface area contributed by atoms with Gasteiger partial charge in [-0.15, -0.1) is 0 Å². The molecule has 0 saturated heterocycles. The summed E-state index contributed by atoms with van der Waals surface area (Å²) in [5.74, 6) is 0. The maximum Gasteiger partial charge on any atom is 0.0740 e. The van der Waals surface area contributed by atoms with Gasteiger partial charge in [0.1, 0.15) is 0 Å². The van der Waals surface area contributed by atoms with Gasteiger partial charge in [-0.1, -0.05) is 76.1 Å². The highest BCUT2D eigenvalue weighted by Gasteiger charge is 2.14. The second-order valence-electron chi connectivity index (χ2n) is 7.38. The molecular weight excluding hydrogens is 340 g/mol. The minimum Gasteiger partial charge on any atom is -0.389 e. The van der Waals surface area contributed by atoms with Crippen molar-refractivity contribution in [1.82, 2.24) is 10.3 Å². The highest BCUT2D eigenvalue weighted by molar-refractivity contribution is 5.96. The van der Waals surface area contributed by atoms with E-state index < -0.39 is 0 Å². The third kappa shape index (κ3) is 5.58. The molecule has 0 aliphatic rings. The molecule has 0 unspecified atom stereocenters. The van der Waals surface area contributed by atoms with E-state index in [0.29, 0.717) is 0 Å². The van der Waals surface area contributed by atoms with Crippen LogP contribution in [0, 0.1) is 0 Å². The van der Waals surface area contributed by atoms with Gasteiger partial charge in [-0.05, 0) is 49.0 Å². The number of nitrogens with one attached hydrogen (secondary N) is 1. The minimum atomic E-state index is 0.803. The number of hydrogen-bond acceptors (Lipinski definition) is 2. The lowest BCUT2D eigenvalue weighted by Gasteiger charge is -2.17. The Hall–Kier alpha value is -2.35. The quantitative estimate of drug-likeness (QED) is 0.337. The van der Waals surface area contributed by atoms with Crippen LogP contribution < -0.4 is 5.32 Å². The van der Waals surface area contributed by atoms with Crippen LogP contribution in [0.5, 0.6) is 0 Å². The van der Waals surface area contributed by atoms with E-state index >= 15 is 0 Å². The second kappa shape index (κ2) is 11.5. The number of para-hydroxylation sites is 1. The van der Waals surface area contributed by atoms with Gasteiger partial charge in [0.25, 0.3) is 0 Å². The van der Waals surface area contributed by atoms with Crippen molar-refractivity contribution in [3.05, 3.63) is 71.6 Å². The van der Waals surface area contributed by atoms with Crippen molar-refractivity contribution in [3.8, 4) is 0 Å². The summed E-state index contributed by atoms with van der Waals surface area (Å²) >= 11 is 0. The van der Waals surface area contributed by atoms with Crippen molar-refractivity contribution in [2.45, 2.75) is 66.2 Å². The highest BCUT2D eigenvalue weighted by atomic mass is 14.9. The van der Waals surface area contributed by atoms with Crippen LogP contribution in [-0.2, 0) is 12.8 Å². The van der Waals surface area contributed by atoms with E-state index in [2.05, 4.69) is 82.2 Å². The van der Waals surface area contributed by atoms with Crippen molar-refractivity contribution in [2.75, 3.05) is 6.54 Å². The molecule has 2 aromatic rings. The lowest BCUT2D eigenvalue weighted by molar-refractivity contribution is 0.661. The number of fused-ring (bicyclic) bond motifs is 1. The summed E-state index contributed by atoms with van der Waals surface area (Å²) in [6, 6.07) is 6.59. The first-order chi connectivity index (χ1) is 13.7. The average Bonchev–Trinajstić information content (AvgIpc) is 2.70. The van der Waals surface area contributed by atoms with Gasteiger partial charge in [0.2, 0.25) is 0 Å².